The Kier molecular flexibility index (Phi) is 1.90. The molecule has 53 valence electrons. The smallest absolute Gasteiger partial charge is 0.0783 e. The van der Waals surface area contributed by atoms with E-state index in [1.54, 1.807) is 13.2 Å². The molecule has 1 aromatic rings. The van der Waals surface area contributed by atoms with Gasteiger partial charge in [-0.15, -0.1) is 0 Å². The van der Waals surface area contributed by atoms with Crippen molar-refractivity contribution in [2.75, 3.05) is 7.05 Å². The van der Waals surface area contributed by atoms with Crippen molar-refractivity contribution in [3.05, 3.63) is 23.5 Å². The van der Waals surface area contributed by atoms with Gasteiger partial charge in [-0.3, -0.25) is 10.3 Å². The van der Waals surface area contributed by atoms with Crippen molar-refractivity contribution in [2.24, 2.45) is 0 Å². The fraction of sp³-hybridized carbons (Fsp3) is 0.375. The zero-order valence-electron chi connectivity index (χ0n) is 6.55. The number of aryl methyl sites for hydroxylation is 2. The van der Waals surface area contributed by atoms with Gasteiger partial charge in [-0.1, -0.05) is 0 Å². The van der Waals surface area contributed by atoms with Crippen LogP contribution in [0.1, 0.15) is 11.3 Å². The Bertz CT molecular complexity index is 231. The molecule has 0 saturated heterocycles. The summed E-state index contributed by atoms with van der Waals surface area (Å²) in [6.07, 6.45) is 1.80. The molecule has 0 N–H and O–H groups in total. The highest BCUT2D eigenvalue weighted by Crippen LogP contribution is 2.11. The van der Waals surface area contributed by atoms with E-state index in [0.717, 1.165) is 11.4 Å². The molecular formula is C8H11N2. The monoisotopic (exact) mass is 135 g/mol. The standard InChI is InChI=1S/C8H11N2/c1-6-4-7(2)10-5-8(6)9-3/h4-5H,1-3H3. The Balaban J connectivity index is 3.07. The summed E-state index contributed by atoms with van der Waals surface area (Å²) in [6.45, 7) is 4.02. The van der Waals surface area contributed by atoms with E-state index in [9.17, 15) is 0 Å². The molecule has 1 rings (SSSR count). The second kappa shape index (κ2) is 2.69. The van der Waals surface area contributed by atoms with Gasteiger partial charge in [0.2, 0.25) is 0 Å². The fourth-order valence-corrected chi connectivity index (χ4v) is 0.923. The largest absolute Gasteiger partial charge is 0.287 e. The van der Waals surface area contributed by atoms with E-state index < -0.39 is 0 Å². The fourth-order valence-electron chi connectivity index (χ4n) is 0.923. The van der Waals surface area contributed by atoms with Crippen molar-refractivity contribution in [1.82, 2.24) is 10.3 Å². The quantitative estimate of drug-likeness (QED) is 0.574. The first-order valence-electron chi connectivity index (χ1n) is 3.27. The van der Waals surface area contributed by atoms with E-state index in [1.807, 2.05) is 19.9 Å². The van der Waals surface area contributed by atoms with Gasteiger partial charge in [-0.25, -0.2) is 0 Å². The van der Waals surface area contributed by atoms with Gasteiger partial charge in [0.15, 0.2) is 0 Å². The Morgan fingerprint density at radius 2 is 2.10 bits per heavy atom. The molecule has 0 saturated carbocycles. The topological polar surface area (TPSA) is 27.0 Å². The van der Waals surface area contributed by atoms with Gasteiger partial charge in [-0.2, -0.15) is 0 Å². The third-order valence-corrected chi connectivity index (χ3v) is 1.46. The molecular weight excluding hydrogens is 124 g/mol. The van der Waals surface area contributed by atoms with Crippen molar-refractivity contribution in [2.45, 2.75) is 13.8 Å². The molecule has 0 aromatic carbocycles. The molecule has 0 spiro atoms. The zero-order valence-corrected chi connectivity index (χ0v) is 6.55. The molecule has 2 nitrogen and oxygen atoms in total. The van der Waals surface area contributed by atoms with Gasteiger partial charge >= 0.3 is 0 Å². The summed E-state index contributed by atoms with van der Waals surface area (Å²) in [4.78, 5) is 4.12. The molecule has 1 aromatic heterocycles. The van der Waals surface area contributed by atoms with E-state index in [0.29, 0.717) is 0 Å². The van der Waals surface area contributed by atoms with Gasteiger partial charge in [0.25, 0.3) is 0 Å². The summed E-state index contributed by atoms with van der Waals surface area (Å²) < 4.78 is 0. The molecule has 0 fully saturated rings. The number of nitrogens with zero attached hydrogens (tertiary/aromatic N) is 2. The molecule has 0 atom stereocenters. The number of pyridine rings is 1. The lowest BCUT2D eigenvalue weighted by molar-refractivity contribution is 1.04. The van der Waals surface area contributed by atoms with Crippen molar-refractivity contribution < 1.29 is 0 Å². The predicted molar refractivity (Wildman–Crippen MR) is 41.4 cm³/mol. The molecule has 2 heteroatoms. The first kappa shape index (κ1) is 7.06. The van der Waals surface area contributed by atoms with Crippen LogP contribution in [0.2, 0.25) is 0 Å². The van der Waals surface area contributed by atoms with Gasteiger partial charge in [0, 0.05) is 12.7 Å². The van der Waals surface area contributed by atoms with E-state index >= 15 is 0 Å². The third kappa shape index (κ3) is 1.26. The van der Waals surface area contributed by atoms with Crippen LogP contribution in [0.15, 0.2) is 12.3 Å². The van der Waals surface area contributed by atoms with Crippen LogP contribution in [0.4, 0.5) is 5.69 Å². The molecule has 0 aliphatic carbocycles. The molecule has 10 heavy (non-hydrogen) atoms. The average Bonchev–Trinajstić information content (AvgIpc) is 1.88. The maximum Gasteiger partial charge on any atom is 0.0783 e. The Morgan fingerprint density at radius 3 is 2.60 bits per heavy atom. The summed E-state index contributed by atoms with van der Waals surface area (Å²) in [5.41, 5.74) is 3.21. The summed E-state index contributed by atoms with van der Waals surface area (Å²) in [5, 5.41) is 4.05. The van der Waals surface area contributed by atoms with Gasteiger partial charge in [0.1, 0.15) is 0 Å². The SMILES string of the molecule is C[N]c1cnc(C)cc1C. The van der Waals surface area contributed by atoms with Crippen LogP contribution in [0, 0.1) is 13.8 Å². The predicted octanol–water partition coefficient (Wildman–Crippen LogP) is 1.56. The van der Waals surface area contributed by atoms with Crippen LogP contribution in [-0.4, -0.2) is 12.0 Å². The van der Waals surface area contributed by atoms with Crippen molar-refractivity contribution >= 4 is 5.69 Å². The molecule has 0 aliphatic rings. The number of aromatic nitrogens is 1. The zero-order chi connectivity index (χ0) is 7.56. The van der Waals surface area contributed by atoms with Crippen LogP contribution < -0.4 is 5.32 Å². The maximum atomic E-state index is 4.12. The first-order chi connectivity index (χ1) is 4.74. The summed E-state index contributed by atoms with van der Waals surface area (Å²) in [7, 11) is 1.78. The number of rotatable bonds is 1. The highest BCUT2D eigenvalue weighted by molar-refractivity contribution is 5.41. The molecule has 0 bridgehead atoms. The maximum absolute atomic E-state index is 4.12. The highest BCUT2D eigenvalue weighted by Gasteiger charge is 1.95. The van der Waals surface area contributed by atoms with Gasteiger partial charge < -0.3 is 0 Å². The van der Waals surface area contributed by atoms with E-state index in [2.05, 4.69) is 10.3 Å². The normalized spacial score (nSPS) is 9.50. The minimum atomic E-state index is 0.977. The van der Waals surface area contributed by atoms with Crippen LogP contribution >= 0.6 is 0 Å². The van der Waals surface area contributed by atoms with E-state index in [-0.39, 0.29) is 0 Å². The second-order valence-corrected chi connectivity index (χ2v) is 2.34. The number of hydrogen-bond acceptors (Lipinski definition) is 1. The minimum Gasteiger partial charge on any atom is -0.287 e. The average molecular weight is 135 g/mol. The molecule has 0 amide bonds. The van der Waals surface area contributed by atoms with Crippen LogP contribution in [0.5, 0.6) is 0 Å². The lowest BCUT2D eigenvalue weighted by Crippen LogP contribution is -1.92. The van der Waals surface area contributed by atoms with Crippen LogP contribution in [0.25, 0.3) is 0 Å². The molecule has 0 aliphatic heterocycles. The van der Waals surface area contributed by atoms with Gasteiger partial charge in [0.05, 0.1) is 11.9 Å². The summed E-state index contributed by atoms with van der Waals surface area (Å²) in [6, 6.07) is 2.03. The first-order valence-corrected chi connectivity index (χ1v) is 3.27. The summed E-state index contributed by atoms with van der Waals surface area (Å²) >= 11 is 0. The second-order valence-electron chi connectivity index (χ2n) is 2.34. The molecule has 0 unspecified atom stereocenters. The molecule has 1 heterocycles. The Labute approximate surface area is 61.3 Å². The minimum absolute atomic E-state index is 0.977. The number of hydrogen-bond donors (Lipinski definition) is 0. The lowest BCUT2D eigenvalue weighted by Gasteiger charge is -2.01. The van der Waals surface area contributed by atoms with Crippen molar-refractivity contribution in [3.8, 4) is 0 Å². The highest BCUT2D eigenvalue weighted by atomic mass is 14.8. The Morgan fingerprint density at radius 1 is 1.40 bits per heavy atom. The Hall–Kier alpha value is -1.05. The third-order valence-electron chi connectivity index (χ3n) is 1.46. The van der Waals surface area contributed by atoms with Crippen LogP contribution in [-0.2, 0) is 0 Å². The summed E-state index contributed by atoms with van der Waals surface area (Å²) in [5.74, 6) is 0. The van der Waals surface area contributed by atoms with E-state index in [4.69, 9.17) is 0 Å². The molecule has 1 radical (unpaired) electrons. The van der Waals surface area contributed by atoms with Crippen molar-refractivity contribution in [3.63, 3.8) is 0 Å². The van der Waals surface area contributed by atoms with E-state index in [1.165, 1.54) is 5.56 Å². The van der Waals surface area contributed by atoms with Gasteiger partial charge in [-0.05, 0) is 25.5 Å². The van der Waals surface area contributed by atoms with Crippen LogP contribution in [0.3, 0.4) is 0 Å². The lowest BCUT2D eigenvalue weighted by atomic mass is 10.2. The van der Waals surface area contributed by atoms with Crippen molar-refractivity contribution in [1.29, 1.82) is 0 Å².